The molecule has 248 valence electrons. The number of carboxylic acids is 1. The zero-order valence-corrected chi connectivity index (χ0v) is 26.4. The van der Waals surface area contributed by atoms with Crippen molar-refractivity contribution >= 4 is 38.8 Å². The molecule has 5 aromatic carbocycles. The molecule has 5 rings (SSSR count). The van der Waals surface area contributed by atoms with Crippen molar-refractivity contribution in [1.82, 2.24) is 0 Å². The molecule has 0 aliphatic rings. The van der Waals surface area contributed by atoms with Gasteiger partial charge in [-0.15, -0.1) is 0 Å². The van der Waals surface area contributed by atoms with Crippen LogP contribution in [0.25, 0.3) is 11.1 Å². The lowest BCUT2D eigenvalue weighted by Gasteiger charge is -2.09. The molecule has 0 fully saturated rings. The van der Waals surface area contributed by atoms with E-state index >= 15 is 0 Å². The molecule has 0 atom stereocenters. The van der Waals surface area contributed by atoms with E-state index in [0.29, 0.717) is 11.4 Å². The summed E-state index contributed by atoms with van der Waals surface area (Å²) in [5.74, 6) is -2.06. The number of aromatic carboxylic acids is 1. The van der Waals surface area contributed by atoms with Crippen LogP contribution in [-0.2, 0) is 10.1 Å². The Hall–Kier alpha value is -6.52. The molecule has 0 aromatic heterocycles. The van der Waals surface area contributed by atoms with Crippen LogP contribution >= 0.6 is 0 Å². The zero-order valence-electron chi connectivity index (χ0n) is 25.6. The highest BCUT2D eigenvalue weighted by atomic mass is 32.2. The second-order valence-electron chi connectivity index (χ2n) is 10.6. The molecule has 15 nitrogen and oxygen atoms in total. The van der Waals surface area contributed by atoms with Crippen molar-refractivity contribution in [2.45, 2.75) is 18.7 Å². The number of carbonyl (C=O) groups is 1. The summed E-state index contributed by atoms with van der Waals surface area (Å²) in [7, 11) is -4.57. The third-order valence-corrected chi connectivity index (χ3v) is 8.01. The minimum atomic E-state index is -4.57. The number of benzene rings is 5. The van der Waals surface area contributed by atoms with Gasteiger partial charge in [-0.05, 0) is 109 Å². The molecular weight excluding hydrogens is 656 g/mol. The van der Waals surface area contributed by atoms with Gasteiger partial charge in [-0.2, -0.15) is 28.8 Å². The number of hydrogen-bond donors (Lipinski definition) is 6. The fraction of sp³-hybridized carbons (Fsp3) is 0.0606. The maximum Gasteiger partial charge on any atom is 0.339 e. The Balaban J connectivity index is 1.35. The molecule has 6 N–H and O–H groups in total. The summed E-state index contributed by atoms with van der Waals surface area (Å²) in [6, 6.07) is 19.9. The number of aromatic hydroxyl groups is 2. The standard InChI is InChI=1S/C33H26N6O9S/c1-17-13-19(3-7-24(17)35-34-21-5-10-28(40)23(15-21)33(44)45)20-4-8-25(18(2)14-20)36-39-31-30(42)12-9-26(32(31)43)37-38-27-16-22(49(46,47)48)6-11-29(27)41/h3-16,36,38,40-41H,1-2H3,(H,44,45)(H,46,47,48)/b35-34?,37-26+,39-31-. The van der Waals surface area contributed by atoms with Crippen molar-refractivity contribution in [2.75, 3.05) is 10.9 Å². The van der Waals surface area contributed by atoms with Crippen LogP contribution in [0.3, 0.4) is 0 Å². The molecule has 0 unspecified atom stereocenters. The van der Waals surface area contributed by atoms with E-state index in [4.69, 9.17) is 0 Å². The quantitative estimate of drug-likeness (QED) is 0.0557. The topological polar surface area (TPSA) is 240 Å². The van der Waals surface area contributed by atoms with Gasteiger partial charge in [0.25, 0.3) is 10.1 Å². The largest absolute Gasteiger partial charge is 0.507 e. The van der Waals surface area contributed by atoms with Crippen LogP contribution in [0, 0.1) is 13.8 Å². The number of hydrogen-bond acceptors (Lipinski definition) is 13. The maximum atomic E-state index is 13.0. The molecule has 0 heterocycles. The molecule has 0 radical (unpaired) electrons. The third kappa shape index (κ3) is 7.73. The van der Waals surface area contributed by atoms with Gasteiger partial charge in [-0.3, -0.25) is 25.0 Å². The van der Waals surface area contributed by atoms with Gasteiger partial charge in [0.1, 0.15) is 22.4 Å². The summed E-state index contributed by atoms with van der Waals surface area (Å²) in [5, 5.41) is 44.4. The van der Waals surface area contributed by atoms with Crippen molar-refractivity contribution in [3.05, 3.63) is 133 Å². The first kappa shape index (κ1) is 33.8. The molecule has 0 amide bonds. The third-order valence-electron chi connectivity index (χ3n) is 7.16. The van der Waals surface area contributed by atoms with E-state index in [1.54, 1.807) is 19.1 Å². The van der Waals surface area contributed by atoms with E-state index in [1.807, 2.05) is 31.2 Å². The molecule has 0 spiro atoms. The summed E-state index contributed by atoms with van der Waals surface area (Å²) >= 11 is 0. The van der Waals surface area contributed by atoms with E-state index in [9.17, 15) is 42.7 Å². The smallest absolute Gasteiger partial charge is 0.339 e. The minimum Gasteiger partial charge on any atom is -0.507 e. The molecule has 0 aliphatic carbocycles. The number of nitrogens with zero attached hydrogens (tertiary/aromatic N) is 4. The highest BCUT2D eigenvalue weighted by molar-refractivity contribution is 7.85. The number of phenols is 2. The highest BCUT2D eigenvalue weighted by Gasteiger charge is 2.13. The van der Waals surface area contributed by atoms with Gasteiger partial charge in [-0.25, -0.2) is 4.79 Å². The van der Waals surface area contributed by atoms with Gasteiger partial charge >= 0.3 is 5.97 Å². The lowest BCUT2D eigenvalue weighted by Crippen LogP contribution is -2.48. The van der Waals surface area contributed by atoms with Crippen molar-refractivity contribution < 1.29 is 33.1 Å². The van der Waals surface area contributed by atoms with Crippen LogP contribution in [0.4, 0.5) is 22.7 Å². The Kier molecular flexibility index (Phi) is 9.45. The van der Waals surface area contributed by atoms with E-state index in [-0.39, 0.29) is 28.0 Å². The molecule has 0 bridgehead atoms. The van der Waals surface area contributed by atoms with E-state index in [2.05, 4.69) is 31.3 Å². The number of anilines is 2. The number of carboxylic acid groups (broad SMARTS) is 1. The lowest BCUT2D eigenvalue weighted by molar-refractivity contribution is 0.0693. The predicted molar refractivity (Wildman–Crippen MR) is 178 cm³/mol. The fourth-order valence-electron chi connectivity index (χ4n) is 4.52. The van der Waals surface area contributed by atoms with Crippen LogP contribution in [0.1, 0.15) is 21.5 Å². The summed E-state index contributed by atoms with van der Waals surface area (Å²) in [4.78, 5) is 36.2. The number of rotatable bonds is 9. The average Bonchev–Trinajstić information content (AvgIpc) is 3.05. The number of phenolic OH excluding ortho intramolecular Hbond substituents is 1. The van der Waals surface area contributed by atoms with Gasteiger partial charge in [-0.1, -0.05) is 12.1 Å². The summed E-state index contributed by atoms with van der Waals surface area (Å²) in [5.41, 5.74) is 7.64. The van der Waals surface area contributed by atoms with Crippen LogP contribution in [0.5, 0.6) is 11.5 Å². The van der Waals surface area contributed by atoms with Gasteiger partial charge in [0.05, 0.1) is 27.6 Å². The first-order chi connectivity index (χ1) is 23.2. The van der Waals surface area contributed by atoms with Gasteiger partial charge < -0.3 is 15.3 Å². The fourth-order valence-corrected chi connectivity index (χ4v) is 5.03. The second-order valence-corrected chi connectivity index (χ2v) is 12.0. The van der Waals surface area contributed by atoms with Gasteiger partial charge in [0.15, 0.2) is 5.36 Å². The van der Waals surface area contributed by atoms with Crippen LogP contribution in [0.2, 0.25) is 0 Å². The van der Waals surface area contributed by atoms with Crippen molar-refractivity contribution in [3.8, 4) is 22.6 Å². The van der Waals surface area contributed by atoms with Crippen LogP contribution in [-0.4, -0.2) is 34.3 Å². The van der Waals surface area contributed by atoms with Crippen molar-refractivity contribution in [3.63, 3.8) is 0 Å². The number of azo groups is 1. The summed E-state index contributed by atoms with van der Waals surface area (Å²) in [6.45, 7) is 3.65. The second kappa shape index (κ2) is 13.7. The van der Waals surface area contributed by atoms with Crippen molar-refractivity contribution in [2.24, 2.45) is 20.4 Å². The Morgan fingerprint density at radius 3 is 2.06 bits per heavy atom. The molecule has 49 heavy (non-hydrogen) atoms. The number of nitrogens with one attached hydrogen (secondary N) is 2. The highest BCUT2D eigenvalue weighted by Crippen LogP contribution is 2.31. The molecule has 0 saturated carbocycles. The number of aryl methyl sites for hydroxylation is 2. The average molecular weight is 683 g/mol. The van der Waals surface area contributed by atoms with E-state index in [1.165, 1.54) is 18.2 Å². The van der Waals surface area contributed by atoms with Gasteiger partial charge in [0.2, 0.25) is 10.9 Å². The Morgan fingerprint density at radius 1 is 0.714 bits per heavy atom. The molecule has 5 aromatic rings. The maximum absolute atomic E-state index is 13.0. The molecule has 0 saturated heterocycles. The first-order valence-electron chi connectivity index (χ1n) is 14.2. The van der Waals surface area contributed by atoms with Gasteiger partial charge in [0, 0.05) is 0 Å². The van der Waals surface area contributed by atoms with Crippen LogP contribution < -0.4 is 32.4 Å². The Morgan fingerprint density at radius 2 is 1.39 bits per heavy atom. The first-order valence-corrected chi connectivity index (χ1v) is 15.6. The predicted octanol–water partition coefficient (Wildman–Crippen LogP) is 4.19. The van der Waals surface area contributed by atoms with Crippen LogP contribution in [0.15, 0.2) is 120 Å². The monoisotopic (exact) mass is 682 g/mol. The minimum absolute atomic E-state index is 0.215. The Labute approximate surface area is 277 Å². The van der Waals surface area contributed by atoms with Crippen molar-refractivity contribution in [1.29, 1.82) is 0 Å². The molecule has 0 aliphatic heterocycles. The molecule has 16 heteroatoms. The SMILES string of the molecule is Cc1cc(-c2ccc(N/N=c3/c(=O)cc/c(=N\Nc4cc(S(=O)(=O)O)ccc4O)c3=O)c(C)c2)ccc1N=Nc1ccc(O)c(C(=O)O)c1. The van der Waals surface area contributed by atoms with E-state index in [0.717, 1.165) is 52.6 Å². The lowest BCUT2D eigenvalue weighted by atomic mass is 10.00. The zero-order chi connectivity index (χ0) is 35.5. The van der Waals surface area contributed by atoms with E-state index < -0.39 is 42.9 Å². The normalized spacial score (nSPS) is 12.4. The Bertz CT molecular complexity index is 2510. The molecular formula is C33H26N6O9S. The summed E-state index contributed by atoms with van der Waals surface area (Å²) < 4.78 is 32.1. The summed E-state index contributed by atoms with van der Waals surface area (Å²) in [6.07, 6.45) is 0.